The number of hydrogen-bond donors (Lipinski definition) is 4. The molecule has 12 nitrogen and oxygen atoms in total. The highest BCUT2D eigenvalue weighted by molar-refractivity contribution is 7.90. The highest BCUT2D eigenvalue weighted by atomic mass is 32.2. The minimum atomic E-state index is -4.28. The molecule has 1 aliphatic heterocycles. The summed E-state index contributed by atoms with van der Waals surface area (Å²) < 4.78 is 34.0. The van der Waals surface area contributed by atoms with Crippen molar-refractivity contribution in [2.24, 2.45) is 17.8 Å². The summed E-state index contributed by atoms with van der Waals surface area (Å²) in [5.74, 6) is -3.37. The number of para-hydroxylation sites is 2. The maximum atomic E-state index is 14.0. The van der Waals surface area contributed by atoms with E-state index in [2.05, 4.69) is 27.3 Å². The molecule has 0 saturated heterocycles. The normalized spacial score (nSPS) is 21.3. The van der Waals surface area contributed by atoms with Gasteiger partial charge in [-0.2, -0.15) is 0 Å². The zero-order valence-electron chi connectivity index (χ0n) is 27.0. The number of sulfonamides is 1. The van der Waals surface area contributed by atoms with Gasteiger partial charge in [0.2, 0.25) is 11.8 Å². The molecule has 0 bridgehead atoms. The molecule has 1 aliphatic carbocycles. The summed E-state index contributed by atoms with van der Waals surface area (Å²) in [5.41, 5.74) is -0.624. The van der Waals surface area contributed by atoms with Crippen LogP contribution in [-0.2, 0) is 35.6 Å². The molecule has 46 heavy (non-hydrogen) atoms. The van der Waals surface area contributed by atoms with E-state index < -0.39 is 62.9 Å². The fourth-order valence-electron chi connectivity index (χ4n) is 5.63. The number of nitrogens with zero attached hydrogens (tertiary/aromatic N) is 1. The predicted molar refractivity (Wildman–Crippen MR) is 174 cm³/mol. The fourth-order valence-corrected chi connectivity index (χ4v) is 6.88. The van der Waals surface area contributed by atoms with Crippen molar-refractivity contribution in [3.05, 3.63) is 66.7 Å². The first-order chi connectivity index (χ1) is 21.5. The second-order valence-electron chi connectivity index (χ2n) is 13.0. The molecule has 1 saturated carbocycles. The molecule has 4 N–H and O–H groups in total. The molecule has 1 heterocycles. The number of carbonyl (C=O) groups excluding carboxylic acids is 4. The Hall–Kier alpha value is -4.39. The number of benzene rings is 2. The summed E-state index contributed by atoms with van der Waals surface area (Å²) in [4.78, 5) is 55.4. The Morgan fingerprint density at radius 3 is 2.33 bits per heavy atom. The van der Waals surface area contributed by atoms with E-state index >= 15 is 0 Å². The summed E-state index contributed by atoms with van der Waals surface area (Å²) in [6.07, 6.45) is 1.22. The molecule has 2 aromatic carbocycles. The van der Waals surface area contributed by atoms with Crippen molar-refractivity contribution in [1.82, 2.24) is 15.4 Å². The number of nitrogens with one attached hydrogen (secondary N) is 4. The van der Waals surface area contributed by atoms with Crippen LogP contribution in [0, 0.1) is 17.8 Å². The van der Waals surface area contributed by atoms with Crippen molar-refractivity contribution in [3.8, 4) is 0 Å². The maximum Gasteiger partial charge on any atom is 0.408 e. The van der Waals surface area contributed by atoms with Gasteiger partial charge in [-0.3, -0.25) is 14.4 Å². The zero-order valence-corrected chi connectivity index (χ0v) is 27.9. The van der Waals surface area contributed by atoms with Crippen LogP contribution in [0.3, 0.4) is 0 Å². The number of amides is 4. The standard InChI is InChI=1S/C33H43N5O7S/c1-8-23-18-33(23,30(41)37-46(43,44)26-16-12-10-14-24(26)34-7)36-28(39)22-17-21-13-9-11-15-25(21)38(19-22)29(40)27(20(2)3)35-31(42)45-32(4,5)6/h8-16,20,22-23,27,34H,1,17-19H2,2-7H3,(H,35,42)(H,36,39)(H,37,41)/t22?,23-,27+,33-/m1/s1. The lowest BCUT2D eigenvalue weighted by Gasteiger charge is -2.37. The van der Waals surface area contributed by atoms with Gasteiger partial charge in [0.1, 0.15) is 22.1 Å². The van der Waals surface area contributed by atoms with Gasteiger partial charge < -0.3 is 25.6 Å². The average molecular weight is 654 g/mol. The highest BCUT2D eigenvalue weighted by Crippen LogP contribution is 2.45. The number of hydrogen-bond acceptors (Lipinski definition) is 8. The number of rotatable bonds is 10. The molecule has 1 unspecified atom stereocenters. The van der Waals surface area contributed by atoms with Crippen molar-refractivity contribution in [2.45, 2.75) is 69.5 Å². The molecule has 0 spiro atoms. The van der Waals surface area contributed by atoms with E-state index in [0.717, 1.165) is 5.56 Å². The highest BCUT2D eigenvalue weighted by Gasteiger charge is 2.61. The molecule has 0 radical (unpaired) electrons. The Labute approximate surface area is 270 Å². The molecule has 0 aromatic heterocycles. The minimum Gasteiger partial charge on any atom is -0.444 e. The molecule has 4 atom stereocenters. The van der Waals surface area contributed by atoms with E-state index in [1.807, 2.05) is 6.07 Å². The largest absolute Gasteiger partial charge is 0.444 e. The first kappa shape index (κ1) is 34.5. The summed E-state index contributed by atoms with van der Waals surface area (Å²) in [5, 5.41) is 8.30. The SMILES string of the molecule is C=C[C@@H]1C[C@]1(NC(=O)C1Cc2ccccc2N(C(=O)[C@@H](NC(=O)OC(C)(C)C)C(C)C)C1)C(=O)NS(=O)(=O)c1ccccc1NC. The monoisotopic (exact) mass is 653 g/mol. The van der Waals surface area contributed by atoms with Crippen LogP contribution in [-0.4, -0.2) is 63.0 Å². The predicted octanol–water partition coefficient (Wildman–Crippen LogP) is 3.35. The van der Waals surface area contributed by atoms with E-state index in [-0.39, 0.29) is 30.2 Å². The third kappa shape index (κ3) is 7.35. The van der Waals surface area contributed by atoms with Crippen molar-refractivity contribution in [2.75, 3.05) is 23.8 Å². The molecule has 4 rings (SSSR count). The van der Waals surface area contributed by atoms with Gasteiger partial charge in [-0.25, -0.2) is 17.9 Å². The first-order valence-electron chi connectivity index (χ1n) is 15.2. The van der Waals surface area contributed by atoms with E-state index in [4.69, 9.17) is 4.74 Å². The van der Waals surface area contributed by atoms with Gasteiger partial charge in [-0.05, 0) is 63.3 Å². The van der Waals surface area contributed by atoms with Crippen molar-refractivity contribution in [3.63, 3.8) is 0 Å². The van der Waals surface area contributed by atoms with Crippen LogP contribution in [0.2, 0.25) is 0 Å². The third-order valence-electron chi connectivity index (χ3n) is 8.12. The number of anilines is 2. The van der Waals surface area contributed by atoms with Gasteiger partial charge in [0.25, 0.3) is 15.9 Å². The van der Waals surface area contributed by atoms with Gasteiger partial charge >= 0.3 is 6.09 Å². The maximum absolute atomic E-state index is 14.0. The van der Waals surface area contributed by atoms with E-state index in [1.165, 1.54) is 17.0 Å². The van der Waals surface area contributed by atoms with Gasteiger partial charge in [0.05, 0.1) is 11.6 Å². The number of fused-ring (bicyclic) bond motifs is 1. The lowest BCUT2D eigenvalue weighted by atomic mass is 9.90. The van der Waals surface area contributed by atoms with Crippen molar-refractivity contribution in [1.29, 1.82) is 0 Å². The summed E-state index contributed by atoms with van der Waals surface area (Å²) in [6.45, 7) is 12.5. The minimum absolute atomic E-state index is 0.0226. The Morgan fingerprint density at radius 2 is 1.72 bits per heavy atom. The van der Waals surface area contributed by atoms with Crippen LogP contribution in [0.4, 0.5) is 16.2 Å². The molecule has 13 heteroatoms. The molecule has 1 fully saturated rings. The van der Waals surface area contributed by atoms with Gasteiger partial charge in [-0.15, -0.1) is 6.58 Å². The van der Waals surface area contributed by atoms with Crippen LogP contribution in [0.1, 0.15) is 46.6 Å². The molecule has 2 aliphatic rings. The van der Waals surface area contributed by atoms with Crippen LogP contribution < -0.4 is 25.6 Å². The number of carbonyl (C=O) groups is 4. The molecule has 4 amide bonds. The van der Waals surface area contributed by atoms with Crippen LogP contribution >= 0.6 is 0 Å². The number of ether oxygens (including phenoxy) is 1. The Kier molecular flexibility index (Phi) is 9.86. The Balaban J connectivity index is 1.57. The van der Waals surface area contributed by atoms with Crippen molar-refractivity contribution < 1.29 is 32.3 Å². The summed E-state index contributed by atoms with van der Waals surface area (Å²) in [6, 6.07) is 12.4. The first-order valence-corrected chi connectivity index (χ1v) is 16.7. The van der Waals surface area contributed by atoms with E-state index in [9.17, 15) is 27.6 Å². The third-order valence-corrected chi connectivity index (χ3v) is 9.51. The lowest BCUT2D eigenvalue weighted by molar-refractivity contribution is -0.131. The van der Waals surface area contributed by atoms with Crippen LogP contribution in [0.25, 0.3) is 0 Å². The zero-order chi connectivity index (χ0) is 34.0. The smallest absolute Gasteiger partial charge is 0.408 e. The van der Waals surface area contributed by atoms with Crippen molar-refractivity contribution >= 4 is 45.2 Å². The average Bonchev–Trinajstić information content (AvgIpc) is 3.71. The fraction of sp³-hybridized carbons (Fsp3) is 0.455. The van der Waals surface area contributed by atoms with Crippen LogP contribution in [0.5, 0.6) is 0 Å². The molecule has 2 aromatic rings. The van der Waals surface area contributed by atoms with Gasteiger partial charge in [-0.1, -0.05) is 50.3 Å². The molecule has 248 valence electrons. The van der Waals surface area contributed by atoms with E-state index in [0.29, 0.717) is 11.4 Å². The quantitative estimate of drug-likeness (QED) is 0.284. The Bertz CT molecular complexity index is 1630. The second kappa shape index (κ2) is 13.1. The Morgan fingerprint density at radius 1 is 1.07 bits per heavy atom. The second-order valence-corrected chi connectivity index (χ2v) is 14.7. The molecular formula is C33H43N5O7S. The summed E-state index contributed by atoms with van der Waals surface area (Å²) in [7, 11) is -2.71. The summed E-state index contributed by atoms with van der Waals surface area (Å²) >= 11 is 0. The number of alkyl carbamates (subject to hydrolysis) is 1. The molecular weight excluding hydrogens is 610 g/mol. The topological polar surface area (TPSA) is 163 Å². The van der Waals surface area contributed by atoms with Crippen LogP contribution in [0.15, 0.2) is 66.1 Å². The lowest BCUT2D eigenvalue weighted by Crippen LogP contribution is -2.57. The van der Waals surface area contributed by atoms with E-state index in [1.54, 1.807) is 78.1 Å². The van der Waals surface area contributed by atoms with Gasteiger partial charge in [0, 0.05) is 25.2 Å². The van der Waals surface area contributed by atoms with Gasteiger partial charge in [0.15, 0.2) is 0 Å².